The summed E-state index contributed by atoms with van der Waals surface area (Å²) in [6.07, 6.45) is 13.1. The van der Waals surface area contributed by atoms with E-state index in [0.717, 1.165) is 77.0 Å². The van der Waals surface area contributed by atoms with Crippen LogP contribution < -0.4 is 21.7 Å². The van der Waals surface area contributed by atoms with Gasteiger partial charge in [0.1, 0.15) is 12.5 Å². The SMILES string of the molecule is C=CC(=O)OCCCCCC1NNC(C#CC2CCC(C#CC3NNC(CCCCCOC(=O)C=C)O3)C(CC)C2)O1. The number of rotatable bonds is 15. The van der Waals surface area contributed by atoms with Crippen LogP contribution in [-0.4, -0.2) is 50.1 Å². The van der Waals surface area contributed by atoms with E-state index >= 15 is 0 Å². The summed E-state index contributed by atoms with van der Waals surface area (Å²) in [5, 5.41) is 0. The largest absolute Gasteiger partial charge is 0.463 e. The average molecular weight is 585 g/mol. The van der Waals surface area contributed by atoms with Gasteiger partial charge in [-0.05, 0) is 76.5 Å². The van der Waals surface area contributed by atoms with Gasteiger partial charge in [-0.25, -0.2) is 31.3 Å². The maximum atomic E-state index is 11.1. The summed E-state index contributed by atoms with van der Waals surface area (Å²) in [5.74, 6) is 14.0. The Kier molecular flexibility index (Phi) is 15.7. The third kappa shape index (κ3) is 12.7. The van der Waals surface area contributed by atoms with Crippen LogP contribution in [0.1, 0.15) is 84.0 Å². The molecule has 0 radical (unpaired) electrons. The highest BCUT2D eigenvalue weighted by Gasteiger charge is 2.29. The molecule has 232 valence electrons. The predicted octanol–water partition coefficient (Wildman–Crippen LogP) is 3.57. The van der Waals surface area contributed by atoms with E-state index in [1.807, 2.05) is 0 Å². The van der Waals surface area contributed by atoms with E-state index in [9.17, 15) is 9.59 Å². The summed E-state index contributed by atoms with van der Waals surface area (Å²) in [6.45, 7) is 9.86. The maximum absolute atomic E-state index is 11.1. The van der Waals surface area contributed by atoms with Gasteiger partial charge >= 0.3 is 11.9 Å². The molecule has 7 unspecified atom stereocenters. The van der Waals surface area contributed by atoms with E-state index in [-0.39, 0.29) is 36.9 Å². The minimum Gasteiger partial charge on any atom is -0.463 e. The number of hydrazine groups is 2. The second-order valence-electron chi connectivity index (χ2n) is 10.9. The standard InChI is InChI=1S/C32H48N4O6/c1-4-25-23-24(16-19-29-35-33-27(41-29)13-9-7-11-21-39-31(37)5-2)15-17-26(25)18-20-30-36-34-28(42-30)14-10-8-12-22-40-32(38)6-3/h5-6,24-30,33-36H,2-4,7-15,17,21-23H2,1H3. The van der Waals surface area contributed by atoms with Crippen LogP contribution in [0, 0.1) is 41.4 Å². The van der Waals surface area contributed by atoms with E-state index in [1.54, 1.807) is 0 Å². The highest BCUT2D eigenvalue weighted by atomic mass is 16.6. The van der Waals surface area contributed by atoms with Crippen LogP contribution in [0.4, 0.5) is 0 Å². The number of ether oxygens (including phenoxy) is 4. The van der Waals surface area contributed by atoms with Gasteiger partial charge in [-0.15, -0.1) is 0 Å². The Morgan fingerprint density at radius 1 is 0.762 bits per heavy atom. The summed E-state index contributed by atoms with van der Waals surface area (Å²) in [7, 11) is 0. The van der Waals surface area contributed by atoms with Crippen LogP contribution in [0.25, 0.3) is 0 Å². The smallest absolute Gasteiger partial charge is 0.330 e. The van der Waals surface area contributed by atoms with Crippen LogP contribution in [0.5, 0.6) is 0 Å². The molecule has 3 fully saturated rings. The highest BCUT2D eigenvalue weighted by Crippen LogP contribution is 2.35. The molecule has 0 bridgehead atoms. The Morgan fingerprint density at radius 2 is 1.31 bits per heavy atom. The molecule has 0 aromatic heterocycles. The first-order chi connectivity index (χ1) is 20.5. The minimum atomic E-state index is -0.373. The molecule has 2 aliphatic heterocycles. The van der Waals surface area contributed by atoms with Crippen molar-refractivity contribution in [2.24, 2.45) is 17.8 Å². The molecule has 0 spiro atoms. The zero-order chi connectivity index (χ0) is 30.0. The molecule has 0 amide bonds. The third-order valence-corrected chi connectivity index (χ3v) is 7.72. The molecule has 2 saturated heterocycles. The first-order valence-electron chi connectivity index (χ1n) is 15.4. The Labute approximate surface area is 251 Å². The second kappa shape index (κ2) is 19.5. The second-order valence-corrected chi connectivity index (χ2v) is 10.9. The van der Waals surface area contributed by atoms with Crippen LogP contribution in [0.3, 0.4) is 0 Å². The summed E-state index contributed by atoms with van der Waals surface area (Å²) in [4.78, 5) is 22.1. The quantitative estimate of drug-likeness (QED) is 0.0985. The molecular weight excluding hydrogens is 536 g/mol. The average Bonchev–Trinajstić information content (AvgIpc) is 3.67. The lowest BCUT2D eigenvalue weighted by molar-refractivity contribution is -0.138. The normalized spacial score (nSPS) is 28.5. The van der Waals surface area contributed by atoms with Gasteiger partial charge in [0.05, 0.1) is 13.2 Å². The molecule has 1 aliphatic carbocycles. The number of hydrogen-bond acceptors (Lipinski definition) is 10. The van der Waals surface area contributed by atoms with Crippen molar-refractivity contribution in [1.82, 2.24) is 21.7 Å². The number of hydrogen-bond donors (Lipinski definition) is 4. The third-order valence-electron chi connectivity index (χ3n) is 7.72. The van der Waals surface area contributed by atoms with Crippen molar-refractivity contribution in [2.45, 2.75) is 109 Å². The first kappa shape index (κ1) is 33.8. The highest BCUT2D eigenvalue weighted by molar-refractivity contribution is 5.81. The molecule has 3 aliphatic rings. The van der Waals surface area contributed by atoms with Gasteiger partial charge < -0.3 is 18.9 Å². The Balaban J connectivity index is 1.29. The van der Waals surface area contributed by atoms with Crippen molar-refractivity contribution in [2.75, 3.05) is 13.2 Å². The predicted molar refractivity (Wildman–Crippen MR) is 159 cm³/mol. The Hall–Kier alpha value is -2.70. The Morgan fingerprint density at radius 3 is 1.83 bits per heavy atom. The van der Waals surface area contributed by atoms with Crippen molar-refractivity contribution >= 4 is 11.9 Å². The van der Waals surface area contributed by atoms with Crippen molar-refractivity contribution < 1.29 is 28.5 Å². The molecule has 2 heterocycles. The fraction of sp³-hybridized carbons (Fsp3) is 0.688. The minimum absolute atomic E-state index is 0.0659. The molecule has 10 nitrogen and oxygen atoms in total. The molecular formula is C32H48N4O6. The topological polar surface area (TPSA) is 119 Å². The van der Waals surface area contributed by atoms with Gasteiger partial charge in [0.2, 0.25) is 0 Å². The van der Waals surface area contributed by atoms with Gasteiger partial charge in [-0.3, -0.25) is 0 Å². The number of esters is 2. The maximum Gasteiger partial charge on any atom is 0.330 e. The zero-order valence-corrected chi connectivity index (χ0v) is 25.0. The molecule has 3 rings (SSSR count). The molecule has 10 heteroatoms. The van der Waals surface area contributed by atoms with Gasteiger partial charge in [0.25, 0.3) is 0 Å². The van der Waals surface area contributed by atoms with Gasteiger partial charge in [-0.2, -0.15) is 0 Å². The van der Waals surface area contributed by atoms with Crippen molar-refractivity contribution in [1.29, 1.82) is 0 Å². The fourth-order valence-corrected chi connectivity index (χ4v) is 5.32. The number of nitrogens with one attached hydrogen (secondary N) is 4. The number of carbonyl (C=O) groups excluding carboxylic acids is 2. The van der Waals surface area contributed by atoms with E-state index in [0.29, 0.717) is 31.0 Å². The van der Waals surface area contributed by atoms with Crippen LogP contribution >= 0.6 is 0 Å². The lowest BCUT2D eigenvalue weighted by atomic mass is 9.73. The molecule has 4 N–H and O–H groups in total. The van der Waals surface area contributed by atoms with E-state index < -0.39 is 0 Å². The molecule has 0 aromatic rings. The lowest BCUT2D eigenvalue weighted by Gasteiger charge is -2.30. The van der Waals surface area contributed by atoms with Crippen LogP contribution in [-0.2, 0) is 28.5 Å². The van der Waals surface area contributed by atoms with Gasteiger partial charge in [-0.1, -0.05) is 50.2 Å². The van der Waals surface area contributed by atoms with E-state index in [1.165, 1.54) is 12.2 Å². The van der Waals surface area contributed by atoms with Gasteiger partial charge in [0.15, 0.2) is 12.5 Å². The van der Waals surface area contributed by atoms with E-state index in [2.05, 4.69) is 65.5 Å². The first-order valence-corrected chi connectivity index (χ1v) is 15.4. The molecule has 1 saturated carbocycles. The zero-order valence-electron chi connectivity index (χ0n) is 25.0. The Bertz CT molecular complexity index is 998. The molecule has 7 atom stereocenters. The van der Waals surface area contributed by atoms with Gasteiger partial charge in [0, 0.05) is 24.0 Å². The number of unbranched alkanes of at least 4 members (excludes halogenated alkanes) is 4. The molecule has 42 heavy (non-hydrogen) atoms. The van der Waals surface area contributed by atoms with Crippen molar-refractivity contribution in [3.8, 4) is 23.7 Å². The summed E-state index contributed by atoms with van der Waals surface area (Å²) < 4.78 is 22.0. The van der Waals surface area contributed by atoms with Crippen molar-refractivity contribution in [3.63, 3.8) is 0 Å². The van der Waals surface area contributed by atoms with Crippen LogP contribution in [0.15, 0.2) is 25.3 Å². The monoisotopic (exact) mass is 584 g/mol. The summed E-state index contributed by atoms with van der Waals surface area (Å²) in [5.41, 5.74) is 12.7. The lowest BCUT2D eigenvalue weighted by Crippen LogP contribution is -2.33. The summed E-state index contributed by atoms with van der Waals surface area (Å²) in [6, 6.07) is 0. The fourth-order valence-electron chi connectivity index (χ4n) is 5.32. The van der Waals surface area contributed by atoms with Crippen molar-refractivity contribution in [3.05, 3.63) is 25.3 Å². The summed E-state index contributed by atoms with van der Waals surface area (Å²) >= 11 is 0. The number of carbonyl (C=O) groups is 2. The molecule has 0 aromatic carbocycles. The van der Waals surface area contributed by atoms with Crippen LogP contribution in [0.2, 0.25) is 0 Å². The van der Waals surface area contributed by atoms with E-state index in [4.69, 9.17) is 18.9 Å².